The molecule has 5 nitrogen and oxygen atoms in total. The van der Waals surface area contributed by atoms with Gasteiger partial charge in [-0.25, -0.2) is 4.98 Å². The van der Waals surface area contributed by atoms with Crippen LogP contribution in [-0.4, -0.2) is 23.2 Å². The highest BCUT2D eigenvalue weighted by molar-refractivity contribution is 5.67. The molecule has 0 saturated heterocycles. The normalized spacial score (nSPS) is 12.9. The SMILES string of the molecule is COc1ccccc1-c1cc(=N)n2c(n1)NCC2. The Hall–Kier alpha value is -2.30. The van der Waals surface area contributed by atoms with Gasteiger partial charge in [-0.1, -0.05) is 12.1 Å². The predicted octanol–water partition coefficient (Wildman–Crippen LogP) is 1.46. The maximum absolute atomic E-state index is 8.01. The Morgan fingerprint density at radius 3 is 3.06 bits per heavy atom. The van der Waals surface area contributed by atoms with Crippen molar-refractivity contribution in [1.29, 1.82) is 5.41 Å². The lowest BCUT2D eigenvalue weighted by molar-refractivity contribution is 0.416. The molecule has 0 unspecified atom stereocenters. The standard InChI is InChI=1S/C13H14N4O/c1-18-11-5-3-2-4-9(11)10-8-12(14)17-7-6-15-13(17)16-10/h2-5,8,14H,6-7H2,1H3,(H,15,16). The molecule has 5 heteroatoms. The van der Waals surface area contributed by atoms with Gasteiger partial charge in [0.25, 0.3) is 0 Å². The molecule has 0 bridgehead atoms. The Morgan fingerprint density at radius 1 is 1.39 bits per heavy atom. The van der Waals surface area contributed by atoms with E-state index in [1.165, 1.54) is 0 Å². The summed E-state index contributed by atoms with van der Waals surface area (Å²) in [7, 11) is 1.64. The maximum atomic E-state index is 8.01. The highest BCUT2D eigenvalue weighted by Crippen LogP contribution is 2.28. The fourth-order valence-electron chi connectivity index (χ4n) is 2.16. The van der Waals surface area contributed by atoms with Gasteiger partial charge < -0.3 is 10.1 Å². The van der Waals surface area contributed by atoms with Gasteiger partial charge >= 0.3 is 0 Å². The topological polar surface area (TPSA) is 62.9 Å². The quantitative estimate of drug-likeness (QED) is 0.838. The smallest absolute Gasteiger partial charge is 0.205 e. The first-order valence-corrected chi connectivity index (χ1v) is 5.83. The van der Waals surface area contributed by atoms with E-state index in [4.69, 9.17) is 10.1 Å². The monoisotopic (exact) mass is 242 g/mol. The summed E-state index contributed by atoms with van der Waals surface area (Å²) in [6.07, 6.45) is 0. The number of fused-ring (bicyclic) bond motifs is 1. The lowest BCUT2D eigenvalue weighted by Gasteiger charge is -2.09. The maximum Gasteiger partial charge on any atom is 0.205 e. The zero-order valence-corrected chi connectivity index (χ0v) is 10.1. The average molecular weight is 242 g/mol. The minimum Gasteiger partial charge on any atom is -0.496 e. The van der Waals surface area contributed by atoms with Crippen LogP contribution in [0.3, 0.4) is 0 Å². The van der Waals surface area contributed by atoms with Crippen molar-refractivity contribution in [2.45, 2.75) is 6.54 Å². The van der Waals surface area contributed by atoms with Crippen molar-refractivity contribution in [2.24, 2.45) is 0 Å². The zero-order valence-electron chi connectivity index (χ0n) is 10.1. The third-order valence-electron chi connectivity index (χ3n) is 3.05. The second kappa shape index (κ2) is 4.18. The van der Waals surface area contributed by atoms with Crippen molar-refractivity contribution in [3.05, 3.63) is 35.8 Å². The fourth-order valence-corrected chi connectivity index (χ4v) is 2.16. The molecular weight excluding hydrogens is 228 g/mol. The molecule has 0 amide bonds. The molecule has 0 fully saturated rings. The summed E-state index contributed by atoms with van der Waals surface area (Å²) in [5.74, 6) is 1.52. The van der Waals surface area contributed by atoms with Crippen LogP contribution >= 0.6 is 0 Å². The molecule has 2 aromatic rings. The van der Waals surface area contributed by atoms with E-state index in [9.17, 15) is 0 Å². The van der Waals surface area contributed by atoms with Gasteiger partial charge in [-0.3, -0.25) is 9.98 Å². The first-order valence-electron chi connectivity index (χ1n) is 5.83. The van der Waals surface area contributed by atoms with Crippen LogP contribution in [0, 0.1) is 5.41 Å². The van der Waals surface area contributed by atoms with Gasteiger partial charge in [0.15, 0.2) is 0 Å². The van der Waals surface area contributed by atoms with Crippen LogP contribution in [0.5, 0.6) is 5.75 Å². The van der Waals surface area contributed by atoms with Crippen LogP contribution in [0.25, 0.3) is 11.3 Å². The number of aromatic nitrogens is 2. The van der Waals surface area contributed by atoms with Gasteiger partial charge in [-0.05, 0) is 12.1 Å². The second-order valence-corrected chi connectivity index (χ2v) is 4.13. The number of nitrogens with zero attached hydrogens (tertiary/aromatic N) is 2. The lowest BCUT2D eigenvalue weighted by Crippen LogP contribution is -2.18. The van der Waals surface area contributed by atoms with E-state index in [0.29, 0.717) is 5.49 Å². The van der Waals surface area contributed by atoms with Gasteiger partial charge in [-0.2, -0.15) is 0 Å². The molecule has 18 heavy (non-hydrogen) atoms. The van der Waals surface area contributed by atoms with E-state index in [1.807, 2.05) is 28.8 Å². The molecule has 0 saturated carbocycles. The summed E-state index contributed by atoms with van der Waals surface area (Å²) >= 11 is 0. The van der Waals surface area contributed by atoms with Gasteiger partial charge in [0, 0.05) is 24.7 Å². The first-order chi connectivity index (χ1) is 8.79. The molecule has 2 heterocycles. The number of ether oxygens (including phenoxy) is 1. The van der Waals surface area contributed by atoms with Crippen LogP contribution in [0.15, 0.2) is 30.3 Å². The molecule has 3 rings (SSSR count). The molecule has 1 aromatic carbocycles. The molecular formula is C13H14N4O. The van der Waals surface area contributed by atoms with Gasteiger partial charge in [0.1, 0.15) is 11.2 Å². The Kier molecular flexibility index (Phi) is 2.51. The number of nitrogens with one attached hydrogen (secondary N) is 2. The highest BCUT2D eigenvalue weighted by Gasteiger charge is 2.14. The molecule has 2 N–H and O–H groups in total. The van der Waals surface area contributed by atoms with E-state index in [-0.39, 0.29) is 0 Å². The van der Waals surface area contributed by atoms with Gasteiger partial charge in [0.05, 0.1) is 12.8 Å². The molecule has 1 aliphatic heterocycles. The molecule has 1 aromatic heterocycles. The zero-order chi connectivity index (χ0) is 12.5. The Morgan fingerprint density at radius 2 is 2.22 bits per heavy atom. The predicted molar refractivity (Wildman–Crippen MR) is 68.6 cm³/mol. The molecule has 0 aliphatic carbocycles. The lowest BCUT2D eigenvalue weighted by atomic mass is 10.1. The van der Waals surface area contributed by atoms with Crippen LogP contribution in [0.4, 0.5) is 5.95 Å². The number of rotatable bonds is 2. The van der Waals surface area contributed by atoms with E-state index in [1.54, 1.807) is 13.2 Å². The van der Waals surface area contributed by atoms with Crippen molar-refractivity contribution >= 4 is 5.95 Å². The van der Waals surface area contributed by atoms with Crippen molar-refractivity contribution in [2.75, 3.05) is 19.0 Å². The van der Waals surface area contributed by atoms with Gasteiger partial charge in [-0.15, -0.1) is 0 Å². The van der Waals surface area contributed by atoms with Crippen molar-refractivity contribution < 1.29 is 4.74 Å². The molecule has 0 atom stereocenters. The average Bonchev–Trinajstić information content (AvgIpc) is 2.87. The molecule has 1 aliphatic rings. The second-order valence-electron chi connectivity index (χ2n) is 4.13. The third kappa shape index (κ3) is 1.64. The molecule has 92 valence electrons. The number of benzene rings is 1. The highest BCUT2D eigenvalue weighted by atomic mass is 16.5. The number of hydrogen-bond donors (Lipinski definition) is 2. The van der Waals surface area contributed by atoms with E-state index in [2.05, 4.69) is 10.3 Å². The Labute approximate surface area is 105 Å². The number of para-hydroxylation sites is 1. The summed E-state index contributed by atoms with van der Waals surface area (Å²) in [6.45, 7) is 1.63. The molecule has 0 radical (unpaired) electrons. The minimum atomic E-state index is 0.464. The first kappa shape index (κ1) is 10.8. The van der Waals surface area contributed by atoms with Crippen molar-refractivity contribution in [1.82, 2.24) is 9.55 Å². The minimum absolute atomic E-state index is 0.464. The van der Waals surface area contributed by atoms with Crippen LogP contribution in [-0.2, 0) is 6.54 Å². The number of methoxy groups -OCH3 is 1. The van der Waals surface area contributed by atoms with E-state index < -0.39 is 0 Å². The van der Waals surface area contributed by atoms with E-state index >= 15 is 0 Å². The number of hydrogen-bond acceptors (Lipinski definition) is 4. The largest absolute Gasteiger partial charge is 0.496 e. The summed E-state index contributed by atoms with van der Waals surface area (Å²) in [4.78, 5) is 4.54. The Bertz CT molecular complexity index is 648. The van der Waals surface area contributed by atoms with Crippen molar-refractivity contribution in [3.8, 4) is 17.0 Å². The van der Waals surface area contributed by atoms with Crippen LogP contribution in [0.2, 0.25) is 0 Å². The summed E-state index contributed by atoms with van der Waals surface area (Å²) in [6, 6.07) is 9.48. The van der Waals surface area contributed by atoms with E-state index in [0.717, 1.165) is 36.0 Å². The Balaban J connectivity index is 2.18. The van der Waals surface area contributed by atoms with Crippen molar-refractivity contribution in [3.63, 3.8) is 0 Å². The summed E-state index contributed by atoms with van der Waals surface area (Å²) < 4.78 is 7.19. The summed E-state index contributed by atoms with van der Waals surface area (Å²) in [5, 5.41) is 11.2. The summed E-state index contributed by atoms with van der Waals surface area (Å²) in [5.41, 5.74) is 2.13. The van der Waals surface area contributed by atoms with Crippen LogP contribution < -0.4 is 15.5 Å². The number of anilines is 1. The fraction of sp³-hybridized carbons (Fsp3) is 0.231. The van der Waals surface area contributed by atoms with Gasteiger partial charge in [0.2, 0.25) is 5.95 Å². The molecule has 0 spiro atoms. The third-order valence-corrected chi connectivity index (χ3v) is 3.05. The van der Waals surface area contributed by atoms with Crippen LogP contribution in [0.1, 0.15) is 0 Å².